The third-order valence-electron chi connectivity index (χ3n) is 1.18. The van der Waals surface area contributed by atoms with Crippen molar-refractivity contribution < 1.29 is 4.74 Å². The van der Waals surface area contributed by atoms with Crippen molar-refractivity contribution in [1.82, 2.24) is 5.43 Å². The summed E-state index contributed by atoms with van der Waals surface area (Å²) in [6, 6.07) is 0.358. The molecule has 0 heterocycles. The smallest absolute Gasteiger partial charge is 0.0481 e. The summed E-state index contributed by atoms with van der Waals surface area (Å²) in [7, 11) is 0. The fraction of sp³-hybridized carbons (Fsp3) is 1.00. The lowest BCUT2D eigenvalue weighted by atomic mass is 10.3. The topological polar surface area (TPSA) is 47.3 Å². The second kappa shape index (κ2) is 6.01. The van der Waals surface area contributed by atoms with Gasteiger partial charge in [0.2, 0.25) is 0 Å². The Labute approximate surface area is 56.5 Å². The van der Waals surface area contributed by atoms with E-state index in [4.69, 9.17) is 10.6 Å². The van der Waals surface area contributed by atoms with Gasteiger partial charge in [0.25, 0.3) is 0 Å². The van der Waals surface area contributed by atoms with E-state index in [1.807, 2.05) is 13.8 Å². The van der Waals surface area contributed by atoms with Crippen molar-refractivity contribution in [1.29, 1.82) is 0 Å². The van der Waals surface area contributed by atoms with Gasteiger partial charge in [0.1, 0.15) is 0 Å². The first-order chi connectivity index (χ1) is 4.31. The molecule has 0 bridgehead atoms. The van der Waals surface area contributed by atoms with Gasteiger partial charge < -0.3 is 4.74 Å². The quantitative estimate of drug-likeness (QED) is 0.320. The van der Waals surface area contributed by atoms with Crippen molar-refractivity contribution in [3.05, 3.63) is 0 Å². The molecule has 56 valence electrons. The van der Waals surface area contributed by atoms with E-state index in [-0.39, 0.29) is 0 Å². The standard InChI is InChI=1S/C6H16N2O/c1-3-9-5-4-6(2)8-7/h6,8H,3-5,7H2,1-2H3. The van der Waals surface area contributed by atoms with Crippen LogP contribution in [0.15, 0.2) is 0 Å². The van der Waals surface area contributed by atoms with Crippen molar-refractivity contribution in [2.45, 2.75) is 26.3 Å². The second-order valence-electron chi connectivity index (χ2n) is 2.05. The summed E-state index contributed by atoms with van der Waals surface area (Å²) in [4.78, 5) is 0. The third-order valence-corrected chi connectivity index (χ3v) is 1.18. The number of hydrogen-bond donors (Lipinski definition) is 2. The molecule has 0 aliphatic carbocycles. The van der Waals surface area contributed by atoms with E-state index in [2.05, 4.69) is 5.43 Å². The predicted octanol–water partition coefficient (Wildman–Crippen LogP) is 0.265. The first-order valence-corrected chi connectivity index (χ1v) is 3.35. The van der Waals surface area contributed by atoms with Gasteiger partial charge in [-0.3, -0.25) is 11.3 Å². The van der Waals surface area contributed by atoms with E-state index in [1.165, 1.54) is 0 Å². The SMILES string of the molecule is CCOCCC(C)NN. The first kappa shape index (κ1) is 8.88. The maximum absolute atomic E-state index is 5.15. The molecule has 0 rings (SSSR count). The highest BCUT2D eigenvalue weighted by atomic mass is 16.5. The fourth-order valence-corrected chi connectivity index (χ4v) is 0.488. The highest BCUT2D eigenvalue weighted by Gasteiger charge is 1.95. The predicted molar refractivity (Wildman–Crippen MR) is 37.9 cm³/mol. The average Bonchev–Trinajstić information content (AvgIpc) is 1.89. The van der Waals surface area contributed by atoms with E-state index in [1.54, 1.807) is 0 Å². The summed E-state index contributed by atoms with van der Waals surface area (Å²) in [6.45, 7) is 5.60. The Morgan fingerprint density at radius 2 is 2.33 bits per heavy atom. The molecule has 0 saturated heterocycles. The molecule has 0 amide bonds. The Morgan fingerprint density at radius 1 is 1.67 bits per heavy atom. The van der Waals surface area contributed by atoms with Crippen LogP contribution in [-0.4, -0.2) is 19.3 Å². The Balaban J connectivity index is 2.88. The maximum Gasteiger partial charge on any atom is 0.0481 e. The van der Waals surface area contributed by atoms with Gasteiger partial charge in [-0.05, 0) is 20.3 Å². The molecule has 0 aliphatic heterocycles. The minimum Gasteiger partial charge on any atom is -0.382 e. The fourth-order valence-electron chi connectivity index (χ4n) is 0.488. The molecule has 9 heavy (non-hydrogen) atoms. The molecule has 1 unspecified atom stereocenters. The highest BCUT2D eigenvalue weighted by Crippen LogP contribution is 1.88. The number of ether oxygens (including phenoxy) is 1. The third kappa shape index (κ3) is 5.76. The van der Waals surface area contributed by atoms with Gasteiger partial charge in [-0.25, -0.2) is 0 Å². The van der Waals surface area contributed by atoms with Crippen molar-refractivity contribution in [2.24, 2.45) is 5.84 Å². The zero-order chi connectivity index (χ0) is 7.11. The Morgan fingerprint density at radius 3 is 2.78 bits per heavy atom. The molecule has 3 nitrogen and oxygen atoms in total. The molecule has 0 aliphatic rings. The first-order valence-electron chi connectivity index (χ1n) is 3.35. The van der Waals surface area contributed by atoms with Crippen LogP contribution in [0.3, 0.4) is 0 Å². The molecule has 0 spiro atoms. The van der Waals surface area contributed by atoms with Crippen LogP contribution in [0.5, 0.6) is 0 Å². The minimum absolute atomic E-state index is 0.358. The van der Waals surface area contributed by atoms with Gasteiger partial charge in [-0.1, -0.05) is 0 Å². The minimum atomic E-state index is 0.358. The van der Waals surface area contributed by atoms with Crippen LogP contribution >= 0.6 is 0 Å². The Bertz CT molecular complexity index is 59.0. The van der Waals surface area contributed by atoms with Gasteiger partial charge in [0, 0.05) is 19.3 Å². The summed E-state index contributed by atoms with van der Waals surface area (Å²) < 4.78 is 5.11. The van der Waals surface area contributed by atoms with Crippen LogP contribution in [0.25, 0.3) is 0 Å². The second-order valence-corrected chi connectivity index (χ2v) is 2.05. The lowest BCUT2D eigenvalue weighted by molar-refractivity contribution is 0.138. The maximum atomic E-state index is 5.15. The molecule has 0 radical (unpaired) electrons. The summed E-state index contributed by atoms with van der Waals surface area (Å²) in [5.41, 5.74) is 2.64. The van der Waals surface area contributed by atoms with Crippen LogP contribution in [-0.2, 0) is 4.74 Å². The molecular formula is C6H16N2O. The van der Waals surface area contributed by atoms with Gasteiger partial charge in [0.15, 0.2) is 0 Å². The monoisotopic (exact) mass is 132 g/mol. The Hall–Kier alpha value is -0.120. The van der Waals surface area contributed by atoms with E-state index >= 15 is 0 Å². The van der Waals surface area contributed by atoms with Crippen molar-refractivity contribution in [3.8, 4) is 0 Å². The van der Waals surface area contributed by atoms with Gasteiger partial charge in [0.05, 0.1) is 0 Å². The molecule has 3 heteroatoms. The molecule has 0 fully saturated rings. The molecule has 0 aromatic rings. The van der Waals surface area contributed by atoms with E-state index in [0.717, 1.165) is 19.6 Å². The number of nitrogens with two attached hydrogens (primary N) is 1. The van der Waals surface area contributed by atoms with E-state index in [0.29, 0.717) is 6.04 Å². The molecule has 3 N–H and O–H groups in total. The van der Waals surface area contributed by atoms with Crippen LogP contribution < -0.4 is 11.3 Å². The number of hydrazine groups is 1. The number of nitrogens with one attached hydrogen (secondary N) is 1. The molecule has 0 saturated carbocycles. The van der Waals surface area contributed by atoms with Gasteiger partial charge in [-0.2, -0.15) is 0 Å². The van der Waals surface area contributed by atoms with Crippen molar-refractivity contribution >= 4 is 0 Å². The average molecular weight is 132 g/mol. The molecule has 0 aromatic heterocycles. The van der Waals surface area contributed by atoms with E-state index in [9.17, 15) is 0 Å². The van der Waals surface area contributed by atoms with Crippen molar-refractivity contribution in [2.75, 3.05) is 13.2 Å². The zero-order valence-electron chi connectivity index (χ0n) is 6.18. The molecule has 1 atom stereocenters. The van der Waals surface area contributed by atoms with Crippen LogP contribution in [0, 0.1) is 0 Å². The summed E-state index contributed by atoms with van der Waals surface area (Å²) in [5, 5.41) is 0. The summed E-state index contributed by atoms with van der Waals surface area (Å²) in [5.74, 6) is 5.15. The summed E-state index contributed by atoms with van der Waals surface area (Å²) >= 11 is 0. The van der Waals surface area contributed by atoms with Crippen LogP contribution in [0.2, 0.25) is 0 Å². The van der Waals surface area contributed by atoms with Gasteiger partial charge in [-0.15, -0.1) is 0 Å². The van der Waals surface area contributed by atoms with Crippen LogP contribution in [0.1, 0.15) is 20.3 Å². The number of rotatable bonds is 5. The molecule has 0 aromatic carbocycles. The van der Waals surface area contributed by atoms with Gasteiger partial charge >= 0.3 is 0 Å². The molecular weight excluding hydrogens is 116 g/mol. The van der Waals surface area contributed by atoms with Crippen molar-refractivity contribution in [3.63, 3.8) is 0 Å². The van der Waals surface area contributed by atoms with E-state index < -0.39 is 0 Å². The van der Waals surface area contributed by atoms with Crippen LogP contribution in [0.4, 0.5) is 0 Å². The largest absolute Gasteiger partial charge is 0.382 e. The highest BCUT2D eigenvalue weighted by molar-refractivity contribution is 4.52. The summed E-state index contributed by atoms with van der Waals surface area (Å²) in [6.07, 6.45) is 0.977. The normalized spacial score (nSPS) is 13.7. The lowest BCUT2D eigenvalue weighted by Gasteiger charge is -2.08. The number of hydrogen-bond acceptors (Lipinski definition) is 3. The zero-order valence-corrected chi connectivity index (χ0v) is 6.18. The lowest BCUT2D eigenvalue weighted by Crippen LogP contribution is -2.33. The Kier molecular flexibility index (Phi) is 5.93.